The van der Waals surface area contributed by atoms with Crippen LogP contribution in [0.2, 0.25) is 0 Å². The van der Waals surface area contributed by atoms with Crippen molar-refractivity contribution in [2.75, 3.05) is 23.4 Å². The van der Waals surface area contributed by atoms with Gasteiger partial charge in [0.25, 0.3) is 11.8 Å². The van der Waals surface area contributed by atoms with E-state index in [4.69, 9.17) is 15.9 Å². The fourth-order valence-corrected chi connectivity index (χ4v) is 2.87. The van der Waals surface area contributed by atoms with Crippen LogP contribution in [0.5, 0.6) is 0 Å². The summed E-state index contributed by atoms with van der Waals surface area (Å²) < 4.78 is 32.2. The molecular weight excluding hydrogens is 386 g/mol. The molecule has 1 fully saturated rings. The molecule has 5 N–H and O–H groups in total. The zero-order chi connectivity index (χ0) is 21.1. The third-order valence-corrected chi connectivity index (χ3v) is 4.30. The lowest BCUT2D eigenvalue weighted by atomic mass is 10.1. The number of hydrogen-bond acceptors (Lipinski definition) is 5. The summed E-state index contributed by atoms with van der Waals surface area (Å²) in [5.74, 6) is -3.55. The lowest BCUT2D eigenvalue weighted by Crippen LogP contribution is -2.55. The second kappa shape index (κ2) is 8.33. The van der Waals surface area contributed by atoms with Crippen LogP contribution in [0.4, 0.5) is 20.2 Å². The second-order valence-electron chi connectivity index (χ2n) is 6.33. The van der Waals surface area contributed by atoms with Gasteiger partial charge >= 0.3 is 0 Å². The topological polar surface area (TPSA) is 129 Å². The van der Waals surface area contributed by atoms with Crippen LogP contribution in [0, 0.1) is 17.0 Å². The van der Waals surface area contributed by atoms with E-state index < -0.39 is 35.7 Å². The highest BCUT2D eigenvalue weighted by Crippen LogP contribution is 2.23. The number of aliphatic hydroxyl groups is 1. The smallest absolute Gasteiger partial charge is 0.259 e. The van der Waals surface area contributed by atoms with Gasteiger partial charge in [-0.2, -0.15) is 0 Å². The normalized spacial score (nSPS) is 17.7. The molecule has 29 heavy (non-hydrogen) atoms. The fraction of sp³-hybridized carbons (Fsp3) is 0.211. The van der Waals surface area contributed by atoms with Gasteiger partial charge in [-0.15, -0.1) is 0 Å². The van der Waals surface area contributed by atoms with Gasteiger partial charge in [0.05, 0.1) is 6.61 Å². The van der Waals surface area contributed by atoms with Gasteiger partial charge in [-0.05, 0) is 36.4 Å². The maximum absolute atomic E-state index is 13.5. The number of halogens is 2. The van der Waals surface area contributed by atoms with E-state index in [1.807, 2.05) is 0 Å². The number of amides is 2. The maximum atomic E-state index is 13.5. The number of nitrogens with zero attached hydrogens (tertiary/aromatic N) is 1. The number of ether oxygens (including phenoxy) is 1. The number of benzene rings is 2. The highest BCUT2D eigenvalue weighted by Gasteiger charge is 2.39. The Hall–Kier alpha value is -3.37. The van der Waals surface area contributed by atoms with E-state index >= 15 is 0 Å². The molecule has 10 heteroatoms. The zero-order valence-corrected chi connectivity index (χ0v) is 15.1. The number of aliphatic hydroxyl groups excluding tert-OH is 1. The number of nitrogens with one attached hydrogen (secondary N) is 2. The molecule has 1 aliphatic heterocycles. The van der Waals surface area contributed by atoms with Crippen molar-refractivity contribution in [2.24, 2.45) is 5.73 Å². The summed E-state index contributed by atoms with van der Waals surface area (Å²) in [6.45, 7) is -0.0226. The zero-order valence-electron chi connectivity index (χ0n) is 15.1. The van der Waals surface area contributed by atoms with Crippen LogP contribution in [-0.2, 0) is 14.3 Å². The first kappa shape index (κ1) is 20.4. The molecule has 152 valence electrons. The van der Waals surface area contributed by atoms with Crippen molar-refractivity contribution >= 4 is 29.0 Å². The third-order valence-electron chi connectivity index (χ3n) is 4.30. The Kier molecular flexibility index (Phi) is 5.85. The van der Waals surface area contributed by atoms with Gasteiger partial charge in [-0.1, -0.05) is 0 Å². The number of nitrogen functional groups attached to an aromatic ring is 1. The van der Waals surface area contributed by atoms with E-state index in [1.165, 1.54) is 24.3 Å². The van der Waals surface area contributed by atoms with E-state index in [-0.39, 0.29) is 24.7 Å². The SMILES string of the molecule is N=C(N)c1ccc(NC(=O)[C@H](O)[C@H]2OCCN(c3cc(F)cc(F)c3)C2=O)cc1. The van der Waals surface area contributed by atoms with Crippen LogP contribution < -0.4 is 16.0 Å². The van der Waals surface area contributed by atoms with Gasteiger partial charge in [0.1, 0.15) is 17.5 Å². The van der Waals surface area contributed by atoms with Crippen molar-refractivity contribution in [1.29, 1.82) is 5.41 Å². The molecule has 0 aliphatic carbocycles. The van der Waals surface area contributed by atoms with Crippen LogP contribution >= 0.6 is 0 Å². The molecule has 0 bridgehead atoms. The molecule has 0 saturated carbocycles. The van der Waals surface area contributed by atoms with Gasteiger partial charge in [-0.25, -0.2) is 8.78 Å². The highest BCUT2D eigenvalue weighted by atomic mass is 19.1. The number of hydrogen-bond donors (Lipinski definition) is 4. The van der Waals surface area contributed by atoms with Crippen LogP contribution in [-0.4, -0.2) is 48.1 Å². The fourth-order valence-electron chi connectivity index (χ4n) is 2.87. The minimum Gasteiger partial charge on any atom is -0.384 e. The minimum atomic E-state index is -1.85. The largest absolute Gasteiger partial charge is 0.384 e. The highest BCUT2D eigenvalue weighted by molar-refractivity contribution is 6.04. The van der Waals surface area contributed by atoms with Crippen LogP contribution in [0.15, 0.2) is 42.5 Å². The lowest BCUT2D eigenvalue weighted by Gasteiger charge is -2.34. The first-order chi connectivity index (χ1) is 13.8. The van der Waals surface area contributed by atoms with Gasteiger partial charge in [0.2, 0.25) is 0 Å². The molecule has 1 aliphatic rings. The van der Waals surface area contributed by atoms with Crippen LogP contribution in [0.3, 0.4) is 0 Å². The maximum Gasteiger partial charge on any atom is 0.259 e. The Morgan fingerprint density at radius 1 is 1.24 bits per heavy atom. The molecule has 1 heterocycles. The third kappa shape index (κ3) is 4.55. The van der Waals surface area contributed by atoms with E-state index in [2.05, 4.69) is 5.32 Å². The summed E-state index contributed by atoms with van der Waals surface area (Å²) >= 11 is 0. The summed E-state index contributed by atoms with van der Waals surface area (Å²) in [6.07, 6.45) is -3.39. The predicted molar refractivity (Wildman–Crippen MR) is 101 cm³/mol. The van der Waals surface area contributed by atoms with Crippen molar-refractivity contribution in [3.63, 3.8) is 0 Å². The molecule has 2 aromatic rings. The van der Waals surface area contributed by atoms with E-state index in [0.29, 0.717) is 17.3 Å². The van der Waals surface area contributed by atoms with Crippen molar-refractivity contribution < 1.29 is 28.2 Å². The van der Waals surface area contributed by atoms with Crippen molar-refractivity contribution in [3.05, 3.63) is 59.7 Å². The van der Waals surface area contributed by atoms with Gasteiger partial charge < -0.3 is 25.8 Å². The summed E-state index contributed by atoms with van der Waals surface area (Å²) in [6, 6.07) is 8.60. The second-order valence-corrected chi connectivity index (χ2v) is 6.33. The summed E-state index contributed by atoms with van der Waals surface area (Å²) in [5.41, 5.74) is 6.08. The summed E-state index contributed by atoms with van der Waals surface area (Å²) in [4.78, 5) is 26.0. The number of nitrogens with two attached hydrogens (primary N) is 1. The molecule has 2 aromatic carbocycles. The molecule has 0 spiro atoms. The van der Waals surface area contributed by atoms with E-state index in [9.17, 15) is 23.5 Å². The molecule has 3 rings (SSSR count). The Morgan fingerprint density at radius 3 is 2.45 bits per heavy atom. The first-order valence-corrected chi connectivity index (χ1v) is 8.59. The van der Waals surface area contributed by atoms with Gasteiger partial charge in [-0.3, -0.25) is 15.0 Å². The molecule has 2 amide bonds. The monoisotopic (exact) mass is 404 g/mol. The standard InChI is InChI=1S/C19H18F2N4O4/c20-11-7-12(21)9-14(8-11)25-5-6-29-16(19(25)28)15(26)18(27)24-13-3-1-10(2-4-13)17(22)23/h1-4,7-9,15-16,26H,5-6H2,(H3,22,23)(H,24,27)/t15-,16-/m1/s1. The molecule has 1 saturated heterocycles. The van der Waals surface area contributed by atoms with Crippen LogP contribution in [0.1, 0.15) is 5.56 Å². The molecule has 0 unspecified atom stereocenters. The lowest BCUT2D eigenvalue weighted by molar-refractivity contribution is -0.150. The number of amidine groups is 1. The Bertz CT molecular complexity index is 931. The number of anilines is 2. The Balaban J connectivity index is 1.72. The van der Waals surface area contributed by atoms with E-state index in [1.54, 1.807) is 0 Å². The van der Waals surface area contributed by atoms with Gasteiger partial charge in [0.15, 0.2) is 12.2 Å². The molecule has 0 aromatic heterocycles. The minimum absolute atomic E-state index is 0.0130. The molecular formula is C19H18F2N4O4. The Morgan fingerprint density at radius 2 is 1.86 bits per heavy atom. The average molecular weight is 404 g/mol. The predicted octanol–water partition coefficient (Wildman–Crippen LogP) is 0.980. The van der Waals surface area contributed by atoms with Crippen molar-refractivity contribution in [2.45, 2.75) is 12.2 Å². The first-order valence-electron chi connectivity index (χ1n) is 8.59. The average Bonchev–Trinajstić information content (AvgIpc) is 2.67. The number of rotatable bonds is 5. The van der Waals surface area contributed by atoms with Gasteiger partial charge in [0, 0.05) is 29.5 Å². The van der Waals surface area contributed by atoms with E-state index in [0.717, 1.165) is 17.0 Å². The van der Waals surface area contributed by atoms with Crippen molar-refractivity contribution in [1.82, 2.24) is 0 Å². The summed E-state index contributed by atoms with van der Waals surface area (Å²) in [5, 5.41) is 20.1. The number of carbonyl (C=O) groups excluding carboxylic acids is 2. The molecule has 2 atom stereocenters. The number of carbonyl (C=O) groups is 2. The quantitative estimate of drug-likeness (QED) is 0.436. The van der Waals surface area contributed by atoms with Crippen molar-refractivity contribution in [3.8, 4) is 0 Å². The Labute approximate surface area is 164 Å². The molecule has 8 nitrogen and oxygen atoms in total. The number of morpholine rings is 1. The molecule has 0 radical (unpaired) electrons. The summed E-state index contributed by atoms with van der Waals surface area (Å²) in [7, 11) is 0. The van der Waals surface area contributed by atoms with Crippen LogP contribution in [0.25, 0.3) is 0 Å².